The van der Waals surface area contributed by atoms with Crippen molar-refractivity contribution in [2.75, 3.05) is 6.26 Å². The van der Waals surface area contributed by atoms with E-state index in [1.165, 1.54) is 0 Å². The lowest BCUT2D eigenvalue weighted by atomic mass is 10.1. The highest BCUT2D eigenvalue weighted by Crippen LogP contribution is 2.26. The number of imidazole rings is 1. The minimum atomic E-state index is -3.52. The Balaban J connectivity index is 1.75. The van der Waals surface area contributed by atoms with Gasteiger partial charge in [0.15, 0.2) is 20.5 Å². The van der Waals surface area contributed by atoms with Gasteiger partial charge < -0.3 is 5.32 Å². The van der Waals surface area contributed by atoms with Crippen LogP contribution in [0.25, 0.3) is 16.9 Å². The highest BCUT2D eigenvalue weighted by Gasteiger charge is 2.24. The summed E-state index contributed by atoms with van der Waals surface area (Å²) in [4.78, 5) is 20.4. The first-order valence-corrected chi connectivity index (χ1v) is 10.7. The first kappa shape index (κ1) is 17.2. The number of rotatable bonds is 4. The number of carbonyl (C=O) groups excluding carboxylic acids is 1. The molecular formula is C17H15BrN4O3S. The van der Waals surface area contributed by atoms with Gasteiger partial charge in [-0.15, -0.1) is 0 Å². The Morgan fingerprint density at radius 1 is 1.27 bits per heavy atom. The molecule has 7 nitrogen and oxygen atoms in total. The lowest BCUT2D eigenvalue weighted by molar-refractivity contribution is 0.0951. The molecule has 134 valence electrons. The normalized spacial score (nSPS) is 14.5. The molecule has 9 heteroatoms. The third kappa shape index (κ3) is 3.24. The number of aromatic nitrogens is 3. The first-order valence-electron chi connectivity index (χ1n) is 7.98. The molecule has 1 saturated carbocycles. The smallest absolute Gasteiger partial charge is 0.251 e. The average molecular weight is 435 g/mol. The Bertz CT molecular complexity index is 1120. The summed E-state index contributed by atoms with van der Waals surface area (Å²) in [5.41, 5.74) is 2.38. The molecule has 1 aliphatic rings. The van der Waals surface area contributed by atoms with Crippen LogP contribution in [-0.2, 0) is 9.84 Å². The van der Waals surface area contributed by atoms with Crippen LogP contribution >= 0.6 is 15.9 Å². The van der Waals surface area contributed by atoms with Gasteiger partial charge in [0.1, 0.15) is 4.60 Å². The number of benzene rings is 1. The molecule has 0 atom stereocenters. The van der Waals surface area contributed by atoms with Crippen LogP contribution in [0.4, 0.5) is 0 Å². The largest absolute Gasteiger partial charge is 0.349 e. The van der Waals surface area contributed by atoms with Crippen LogP contribution < -0.4 is 5.32 Å². The summed E-state index contributed by atoms with van der Waals surface area (Å²) in [5, 5.41) is 2.86. The quantitative estimate of drug-likeness (QED) is 0.680. The molecule has 0 spiro atoms. The summed E-state index contributed by atoms with van der Waals surface area (Å²) in [6.45, 7) is 0. The second-order valence-corrected chi connectivity index (χ2v) is 9.05. The third-order valence-electron chi connectivity index (χ3n) is 4.14. The summed E-state index contributed by atoms with van der Waals surface area (Å²) < 4.78 is 26.0. The van der Waals surface area contributed by atoms with Crippen molar-refractivity contribution >= 4 is 37.3 Å². The Labute approximate surface area is 158 Å². The van der Waals surface area contributed by atoms with Crippen molar-refractivity contribution < 1.29 is 13.2 Å². The van der Waals surface area contributed by atoms with Gasteiger partial charge in [-0.1, -0.05) is 12.1 Å². The molecule has 1 aliphatic carbocycles. The summed E-state index contributed by atoms with van der Waals surface area (Å²) in [5.74, 6) is -0.0801. The van der Waals surface area contributed by atoms with E-state index in [0.717, 1.165) is 24.7 Å². The van der Waals surface area contributed by atoms with Gasteiger partial charge in [-0.25, -0.2) is 18.4 Å². The van der Waals surface area contributed by atoms with E-state index in [-0.39, 0.29) is 16.6 Å². The number of fused-ring (bicyclic) bond motifs is 1. The monoisotopic (exact) mass is 434 g/mol. The summed E-state index contributed by atoms with van der Waals surface area (Å²) in [6, 6.07) is 7.44. The molecule has 0 saturated heterocycles. The molecule has 1 N–H and O–H groups in total. The summed E-state index contributed by atoms with van der Waals surface area (Å²) in [6.07, 6.45) is 6.44. The van der Waals surface area contributed by atoms with Crippen LogP contribution in [0.15, 0.2) is 46.3 Å². The zero-order valence-corrected chi connectivity index (χ0v) is 16.2. The molecule has 4 rings (SSSR count). The van der Waals surface area contributed by atoms with Gasteiger partial charge in [-0.2, -0.15) is 0 Å². The maximum Gasteiger partial charge on any atom is 0.251 e. The lowest BCUT2D eigenvalue weighted by Gasteiger charge is -2.07. The zero-order chi connectivity index (χ0) is 18.5. The molecule has 1 aromatic carbocycles. The topological polar surface area (TPSA) is 93.4 Å². The highest BCUT2D eigenvalue weighted by molar-refractivity contribution is 9.10. The van der Waals surface area contributed by atoms with Gasteiger partial charge in [-0.05, 0) is 40.9 Å². The van der Waals surface area contributed by atoms with Gasteiger partial charge in [0.05, 0.1) is 11.9 Å². The lowest BCUT2D eigenvalue weighted by Crippen LogP contribution is -2.25. The number of carbonyl (C=O) groups is 1. The molecule has 26 heavy (non-hydrogen) atoms. The number of nitrogens with one attached hydrogen (secondary N) is 1. The van der Waals surface area contributed by atoms with Crippen LogP contribution in [0.1, 0.15) is 23.2 Å². The molecule has 0 unspecified atom stereocenters. The van der Waals surface area contributed by atoms with E-state index in [2.05, 4.69) is 31.2 Å². The van der Waals surface area contributed by atoms with Gasteiger partial charge in [0.2, 0.25) is 0 Å². The van der Waals surface area contributed by atoms with Gasteiger partial charge in [0, 0.05) is 29.6 Å². The fourth-order valence-corrected chi connectivity index (χ4v) is 3.93. The number of halogens is 1. The van der Waals surface area contributed by atoms with Crippen molar-refractivity contribution in [3.63, 3.8) is 0 Å². The third-order valence-corrected chi connectivity index (χ3v) is 5.50. The van der Waals surface area contributed by atoms with E-state index in [4.69, 9.17) is 0 Å². The molecule has 1 amide bonds. The first-order chi connectivity index (χ1) is 12.3. The molecular weight excluding hydrogens is 420 g/mol. The van der Waals surface area contributed by atoms with Crippen molar-refractivity contribution in [3.8, 4) is 11.3 Å². The van der Waals surface area contributed by atoms with E-state index in [9.17, 15) is 13.2 Å². The van der Waals surface area contributed by atoms with Crippen molar-refractivity contribution in [2.24, 2.45) is 0 Å². The second-order valence-electron chi connectivity index (χ2n) is 6.30. The van der Waals surface area contributed by atoms with E-state index >= 15 is 0 Å². The molecule has 0 aliphatic heterocycles. The fourth-order valence-electron chi connectivity index (χ4n) is 2.68. The minimum absolute atomic E-state index is 0.0801. The number of amides is 1. The maximum absolute atomic E-state index is 12.1. The molecule has 2 heterocycles. The van der Waals surface area contributed by atoms with Crippen molar-refractivity contribution in [1.29, 1.82) is 0 Å². The molecule has 3 aromatic rings. The Morgan fingerprint density at radius 2 is 1.96 bits per heavy atom. The van der Waals surface area contributed by atoms with Crippen LogP contribution in [0.5, 0.6) is 0 Å². The van der Waals surface area contributed by atoms with E-state index in [1.54, 1.807) is 28.9 Å². The predicted octanol–water partition coefficient (Wildman–Crippen LogP) is 2.45. The maximum atomic E-state index is 12.1. The van der Waals surface area contributed by atoms with Gasteiger partial charge >= 0.3 is 0 Å². The Kier molecular flexibility index (Phi) is 4.07. The summed E-state index contributed by atoms with van der Waals surface area (Å²) in [7, 11) is -3.52. The van der Waals surface area contributed by atoms with Gasteiger partial charge in [-0.3, -0.25) is 9.20 Å². The van der Waals surface area contributed by atoms with Crippen molar-refractivity contribution in [1.82, 2.24) is 19.7 Å². The number of nitrogens with zero attached hydrogens (tertiary/aromatic N) is 3. The molecule has 2 aromatic heterocycles. The molecule has 0 radical (unpaired) electrons. The fraction of sp³-hybridized carbons (Fsp3) is 0.235. The summed E-state index contributed by atoms with van der Waals surface area (Å²) >= 11 is 3.25. The van der Waals surface area contributed by atoms with Crippen LogP contribution in [0.3, 0.4) is 0 Å². The van der Waals surface area contributed by atoms with E-state index < -0.39 is 9.84 Å². The Morgan fingerprint density at radius 3 is 2.58 bits per heavy atom. The highest BCUT2D eigenvalue weighted by atomic mass is 79.9. The number of hydrogen-bond acceptors (Lipinski definition) is 5. The number of hydrogen-bond donors (Lipinski definition) is 1. The SMILES string of the molecule is CS(=O)(=O)c1nc(Br)cn2c(-c3ccc(C(=O)NC4CC4)cc3)cnc12. The molecule has 0 bridgehead atoms. The molecule has 1 fully saturated rings. The second kappa shape index (κ2) is 6.17. The Hall–Kier alpha value is -2.26. The predicted molar refractivity (Wildman–Crippen MR) is 99.7 cm³/mol. The van der Waals surface area contributed by atoms with Crippen molar-refractivity contribution in [3.05, 3.63) is 46.8 Å². The van der Waals surface area contributed by atoms with E-state index in [1.807, 2.05) is 12.1 Å². The standard InChI is InChI=1S/C17H15BrN4O3S/c1-26(24,25)17-15-19-8-13(22(15)9-14(18)21-17)10-2-4-11(5-3-10)16(23)20-12-6-7-12/h2-5,8-9,12H,6-7H2,1H3,(H,20,23). The van der Waals surface area contributed by atoms with Gasteiger partial charge in [0.25, 0.3) is 5.91 Å². The zero-order valence-electron chi connectivity index (χ0n) is 13.8. The van der Waals surface area contributed by atoms with E-state index in [0.29, 0.717) is 21.9 Å². The van der Waals surface area contributed by atoms with Crippen molar-refractivity contribution in [2.45, 2.75) is 23.9 Å². The average Bonchev–Trinajstić information content (AvgIpc) is 3.30. The number of sulfone groups is 1. The minimum Gasteiger partial charge on any atom is -0.349 e. The van der Waals surface area contributed by atoms with Crippen LogP contribution in [-0.4, -0.2) is 41.0 Å². The van der Waals surface area contributed by atoms with Crippen LogP contribution in [0.2, 0.25) is 0 Å². The van der Waals surface area contributed by atoms with Crippen LogP contribution in [0, 0.1) is 0 Å².